The number of allylic oxidation sites excluding steroid dienone is 1. The highest BCUT2D eigenvalue weighted by Gasteiger charge is 2.18. The van der Waals surface area contributed by atoms with Crippen LogP contribution < -0.4 is 5.32 Å². The van der Waals surface area contributed by atoms with Gasteiger partial charge < -0.3 is 20.3 Å². The van der Waals surface area contributed by atoms with Crippen molar-refractivity contribution in [3.8, 4) is 0 Å². The van der Waals surface area contributed by atoms with Crippen LogP contribution in [-0.2, 0) is 4.74 Å². The van der Waals surface area contributed by atoms with Crippen molar-refractivity contribution >= 4 is 0 Å². The van der Waals surface area contributed by atoms with Gasteiger partial charge in [0.05, 0.1) is 11.7 Å². The number of hydrogen-bond acceptors (Lipinski definition) is 4. The van der Waals surface area contributed by atoms with Crippen molar-refractivity contribution in [2.75, 3.05) is 0 Å². The second-order valence-electron chi connectivity index (χ2n) is 4.82. The number of hydrogen-bond donors (Lipinski definition) is 3. The van der Waals surface area contributed by atoms with E-state index in [1.54, 1.807) is 6.92 Å². The van der Waals surface area contributed by atoms with E-state index in [1.807, 2.05) is 34.6 Å². The maximum Gasteiger partial charge on any atom is 0.235 e. The Kier molecular flexibility index (Phi) is 5.28. The molecular weight excluding hydrogens is 194 g/mol. The molecule has 0 amide bonds. The zero-order valence-corrected chi connectivity index (χ0v) is 10.5. The summed E-state index contributed by atoms with van der Waals surface area (Å²) < 4.78 is 5.27. The van der Waals surface area contributed by atoms with Gasteiger partial charge in [0.15, 0.2) is 0 Å². The van der Waals surface area contributed by atoms with E-state index in [0.29, 0.717) is 5.70 Å². The predicted octanol–water partition coefficient (Wildman–Crippen LogP) is 1.34. The molecule has 15 heavy (non-hydrogen) atoms. The summed E-state index contributed by atoms with van der Waals surface area (Å²) in [5, 5.41) is 21.8. The maximum absolute atomic E-state index is 9.57. The first kappa shape index (κ1) is 14.4. The highest BCUT2D eigenvalue weighted by molar-refractivity contribution is 5.11. The lowest BCUT2D eigenvalue weighted by Crippen LogP contribution is -2.40. The van der Waals surface area contributed by atoms with Crippen LogP contribution in [0.3, 0.4) is 0 Å². The fourth-order valence-corrected chi connectivity index (χ4v) is 1.18. The molecule has 0 aromatic heterocycles. The monoisotopic (exact) mass is 217 g/mol. The molecule has 0 fully saturated rings. The molecule has 0 aliphatic carbocycles. The fraction of sp³-hybridized carbons (Fsp3) is 0.818. The van der Waals surface area contributed by atoms with Gasteiger partial charge in [0.25, 0.3) is 0 Å². The molecule has 0 heterocycles. The zero-order chi connectivity index (χ0) is 12.2. The highest BCUT2D eigenvalue weighted by atomic mass is 16.6. The van der Waals surface area contributed by atoms with Gasteiger partial charge in [-0.05, 0) is 41.5 Å². The van der Waals surface area contributed by atoms with Crippen molar-refractivity contribution < 1.29 is 14.9 Å². The average Bonchev–Trinajstić information content (AvgIpc) is 1.95. The maximum atomic E-state index is 9.57. The van der Waals surface area contributed by atoms with Gasteiger partial charge in [-0.3, -0.25) is 0 Å². The van der Waals surface area contributed by atoms with Crippen LogP contribution in [0.4, 0.5) is 0 Å². The molecule has 0 radical (unpaired) electrons. The molecule has 0 aromatic rings. The number of aliphatic hydroxyl groups is 2. The summed E-state index contributed by atoms with van der Waals surface area (Å²) in [5.41, 5.74) is 1.08. The summed E-state index contributed by atoms with van der Waals surface area (Å²) in [6.45, 7) is 10.9. The van der Waals surface area contributed by atoms with Gasteiger partial charge in [-0.15, -0.1) is 0 Å². The van der Waals surface area contributed by atoms with Gasteiger partial charge >= 0.3 is 0 Å². The van der Waals surface area contributed by atoms with Crippen LogP contribution in [0.2, 0.25) is 0 Å². The number of rotatable bonds is 4. The Morgan fingerprint density at radius 2 is 1.67 bits per heavy atom. The Hall–Kier alpha value is -0.580. The Morgan fingerprint density at radius 1 is 1.20 bits per heavy atom. The van der Waals surface area contributed by atoms with Crippen molar-refractivity contribution in [2.45, 2.75) is 59.7 Å². The van der Waals surface area contributed by atoms with Crippen LogP contribution >= 0.6 is 0 Å². The summed E-state index contributed by atoms with van der Waals surface area (Å²) in [5.74, 6) is 0. The van der Waals surface area contributed by atoms with Crippen molar-refractivity contribution in [3.63, 3.8) is 0 Å². The second-order valence-corrected chi connectivity index (χ2v) is 4.82. The minimum absolute atomic E-state index is 0.433. The number of nitrogens with one attached hydrogen (secondary N) is 1. The minimum Gasteiger partial charge on any atom is -0.387 e. The lowest BCUT2D eigenvalue weighted by molar-refractivity contribution is -0.178. The molecule has 0 saturated heterocycles. The van der Waals surface area contributed by atoms with E-state index in [-0.39, 0.29) is 0 Å². The number of aliphatic hydroxyl groups excluding tert-OH is 2. The molecule has 0 aromatic carbocycles. The molecule has 4 heteroatoms. The average molecular weight is 217 g/mol. The standard InChI is InChI=1S/C11H23NO3/c1-7(2)9(8(3)13)12-10(14)15-11(4,5)6/h8,10,12-14H,1-6H3. The van der Waals surface area contributed by atoms with E-state index in [4.69, 9.17) is 4.74 Å². The van der Waals surface area contributed by atoms with Gasteiger partial charge in [-0.25, -0.2) is 0 Å². The van der Waals surface area contributed by atoms with Crippen LogP contribution in [0.15, 0.2) is 11.3 Å². The molecular formula is C11H23NO3. The zero-order valence-electron chi connectivity index (χ0n) is 10.5. The molecule has 4 nitrogen and oxygen atoms in total. The third kappa shape index (κ3) is 6.49. The molecule has 0 rings (SSSR count). The second kappa shape index (κ2) is 5.49. The van der Waals surface area contributed by atoms with Gasteiger partial charge in [0, 0.05) is 5.70 Å². The summed E-state index contributed by atoms with van der Waals surface area (Å²) in [4.78, 5) is 0. The van der Waals surface area contributed by atoms with Crippen LogP contribution in [0.5, 0.6) is 0 Å². The largest absolute Gasteiger partial charge is 0.387 e. The van der Waals surface area contributed by atoms with E-state index in [0.717, 1.165) is 5.57 Å². The molecule has 0 spiro atoms. The van der Waals surface area contributed by atoms with E-state index in [1.165, 1.54) is 0 Å². The molecule has 2 atom stereocenters. The summed E-state index contributed by atoms with van der Waals surface area (Å²) in [7, 11) is 0. The lowest BCUT2D eigenvalue weighted by Gasteiger charge is -2.27. The van der Waals surface area contributed by atoms with E-state index in [2.05, 4.69) is 5.32 Å². The first-order chi connectivity index (χ1) is 6.63. The fourth-order valence-electron chi connectivity index (χ4n) is 1.18. The minimum atomic E-state index is -1.11. The third-order valence-corrected chi connectivity index (χ3v) is 1.70. The smallest absolute Gasteiger partial charge is 0.235 e. The molecule has 2 unspecified atom stereocenters. The molecule has 90 valence electrons. The van der Waals surface area contributed by atoms with Crippen molar-refractivity contribution in [2.24, 2.45) is 0 Å². The molecule has 3 N–H and O–H groups in total. The van der Waals surface area contributed by atoms with Gasteiger partial charge in [-0.2, -0.15) is 0 Å². The van der Waals surface area contributed by atoms with Crippen LogP contribution in [0.1, 0.15) is 41.5 Å². The Balaban J connectivity index is 4.39. The van der Waals surface area contributed by atoms with Crippen LogP contribution in [-0.4, -0.2) is 28.3 Å². The quantitative estimate of drug-likeness (QED) is 0.622. The predicted molar refractivity (Wildman–Crippen MR) is 60.0 cm³/mol. The van der Waals surface area contributed by atoms with Crippen LogP contribution in [0.25, 0.3) is 0 Å². The molecule has 0 aliphatic rings. The van der Waals surface area contributed by atoms with E-state index >= 15 is 0 Å². The summed E-state index contributed by atoms with van der Waals surface area (Å²) in [6, 6.07) is 0. The van der Waals surface area contributed by atoms with Crippen molar-refractivity contribution in [1.29, 1.82) is 0 Å². The van der Waals surface area contributed by atoms with Crippen molar-refractivity contribution in [3.05, 3.63) is 11.3 Å². The Morgan fingerprint density at radius 3 is 1.93 bits per heavy atom. The SMILES string of the molecule is CC(C)=C(NC(O)OC(C)(C)C)C(C)O. The van der Waals surface area contributed by atoms with Crippen molar-refractivity contribution in [1.82, 2.24) is 5.32 Å². The number of ether oxygens (including phenoxy) is 1. The summed E-state index contributed by atoms with van der Waals surface area (Å²) in [6.07, 6.45) is -1.75. The van der Waals surface area contributed by atoms with E-state index < -0.39 is 18.1 Å². The first-order valence-electron chi connectivity index (χ1n) is 5.11. The molecule has 0 saturated carbocycles. The highest BCUT2D eigenvalue weighted by Crippen LogP contribution is 2.11. The Bertz CT molecular complexity index is 224. The summed E-state index contributed by atoms with van der Waals surface area (Å²) >= 11 is 0. The lowest BCUT2D eigenvalue weighted by atomic mass is 10.2. The third-order valence-electron chi connectivity index (χ3n) is 1.70. The van der Waals surface area contributed by atoms with Gasteiger partial charge in [-0.1, -0.05) is 5.57 Å². The van der Waals surface area contributed by atoms with E-state index in [9.17, 15) is 10.2 Å². The van der Waals surface area contributed by atoms with Gasteiger partial charge in [0.2, 0.25) is 6.41 Å². The molecule has 0 bridgehead atoms. The first-order valence-corrected chi connectivity index (χ1v) is 5.11. The Labute approximate surface area is 92.0 Å². The van der Waals surface area contributed by atoms with Crippen LogP contribution in [0, 0.1) is 0 Å². The van der Waals surface area contributed by atoms with Gasteiger partial charge in [0.1, 0.15) is 0 Å². The topological polar surface area (TPSA) is 61.7 Å². The molecule has 0 aliphatic heterocycles. The normalized spacial score (nSPS) is 15.7.